The van der Waals surface area contributed by atoms with E-state index in [2.05, 4.69) is 58.0 Å². The Morgan fingerprint density at radius 3 is 1.57 bits per heavy atom. The molecule has 0 atom stereocenters. The van der Waals surface area contributed by atoms with E-state index >= 15 is 0 Å². The monoisotopic (exact) mass is 777 g/mol. The molecule has 7 rings (SSSR count). The van der Waals surface area contributed by atoms with Crippen LogP contribution in [0, 0.1) is 13.8 Å². The van der Waals surface area contributed by atoms with Gasteiger partial charge >= 0.3 is 0 Å². The Labute approximate surface area is 341 Å². The number of benzene rings is 3. The van der Waals surface area contributed by atoms with E-state index in [4.69, 9.17) is 24.9 Å². The zero-order valence-electron chi connectivity index (χ0n) is 33.6. The van der Waals surface area contributed by atoms with Gasteiger partial charge in [-0.2, -0.15) is 0 Å². The minimum absolute atomic E-state index is 0.479. The molecule has 0 aliphatic rings. The van der Waals surface area contributed by atoms with E-state index in [1.165, 1.54) is 114 Å². The number of nitrogens with zero attached hydrogens (tertiary/aromatic N) is 5. The molecule has 288 valence electrons. The van der Waals surface area contributed by atoms with Gasteiger partial charge in [-0.15, -0.1) is 22.7 Å². The molecule has 7 heteroatoms. The molecule has 0 fully saturated rings. The Hall–Kier alpha value is -4.59. The van der Waals surface area contributed by atoms with Crippen molar-refractivity contribution >= 4 is 32.1 Å². The van der Waals surface area contributed by atoms with Gasteiger partial charge in [0.1, 0.15) is 0 Å². The van der Waals surface area contributed by atoms with Crippen LogP contribution in [-0.4, -0.2) is 24.9 Å². The van der Waals surface area contributed by atoms with Gasteiger partial charge in [-0.05, 0) is 80.5 Å². The Balaban J connectivity index is 1.36. The van der Waals surface area contributed by atoms with Crippen LogP contribution in [0.15, 0.2) is 91.0 Å². The van der Waals surface area contributed by atoms with Crippen molar-refractivity contribution in [3.8, 4) is 56.3 Å². The summed E-state index contributed by atoms with van der Waals surface area (Å²) < 4.78 is 2.59. The third-order valence-corrected chi connectivity index (χ3v) is 12.9. The quantitative estimate of drug-likeness (QED) is 0.0765. The van der Waals surface area contributed by atoms with E-state index in [1.54, 1.807) is 11.3 Å². The molecule has 0 N–H and O–H groups in total. The summed E-state index contributed by atoms with van der Waals surface area (Å²) in [5.41, 5.74) is 9.10. The number of hydrogen-bond donors (Lipinski definition) is 0. The number of aryl methyl sites for hydroxylation is 4. The first-order valence-electron chi connectivity index (χ1n) is 20.9. The highest BCUT2D eigenvalue weighted by Crippen LogP contribution is 2.40. The summed E-state index contributed by atoms with van der Waals surface area (Å²) in [6.45, 7) is 9.06. The first kappa shape index (κ1) is 39.6. The summed E-state index contributed by atoms with van der Waals surface area (Å²) in [5, 5.41) is 0. The number of rotatable bonds is 19. The summed E-state index contributed by atoms with van der Waals surface area (Å²) in [6.07, 6.45) is 17.5. The molecule has 4 aromatic heterocycles. The lowest BCUT2D eigenvalue weighted by Crippen LogP contribution is -2.05. The number of thiophene rings is 2. The van der Waals surface area contributed by atoms with Gasteiger partial charge < -0.3 is 0 Å². The standard InChI is InChI=1S/C49H55N5S2/c1-5-7-9-11-13-17-27-38-31-40(39(29-34(38)3)28-18-14-12-10-8-6-2)41-32-42(43-33-45-44(56-43)30-35(4)55-45)51-48(50-41)49-53-46(36-23-19-15-20-24-36)52-47(54-49)37-25-21-16-22-26-37/h15-16,19-26,29-33H,5-14,17-18,27-28H2,1-4H3. The number of hydrogen-bond acceptors (Lipinski definition) is 7. The molecule has 0 aliphatic carbocycles. The third-order valence-electron chi connectivity index (χ3n) is 10.6. The maximum absolute atomic E-state index is 5.40. The molecule has 0 aliphatic heterocycles. The molecule has 0 saturated heterocycles. The Bertz CT molecular complexity index is 2240. The summed E-state index contributed by atoms with van der Waals surface area (Å²) in [5.74, 6) is 2.22. The molecule has 5 nitrogen and oxygen atoms in total. The van der Waals surface area contributed by atoms with Gasteiger partial charge in [-0.25, -0.2) is 24.9 Å². The number of unbranched alkanes of at least 4 members (excludes halogenated alkanes) is 10. The van der Waals surface area contributed by atoms with Crippen molar-refractivity contribution in [3.05, 3.63) is 113 Å². The van der Waals surface area contributed by atoms with Gasteiger partial charge in [0, 0.05) is 31.0 Å². The SMILES string of the molecule is CCCCCCCCc1cc(-c2cc(-c3cc4sc(C)cc4s3)nc(-c3nc(-c4ccccc4)nc(-c4ccccc4)n3)n2)c(CCCCCCCC)cc1C. The van der Waals surface area contributed by atoms with Crippen LogP contribution in [-0.2, 0) is 12.8 Å². The molecule has 0 saturated carbocycles. The maximum atomic E-state index is 5.40. The van der Waals surface area contributed by atoms with Gasteiger partial charge in [-0.3, -0.25) is 0 Å². The summed E-state index contributed by atoms with van der Waals surface area (Å²) >= 11 is 3.64. The summed E-state index contributed by atoms with van der Waals surface area (Å²) in [7, 11) is 0. The van der Waals surface area contributed by atoms with Crippen molar-refractivity contribution in [2.24, 2.45) is 0 Å². The average molecular weight is 778 g/mol. The normalized spacial score (nSPS) is 11.5. The second-order valence-electron chi connectivity index (χ2n) is 15.2. The van der Waals surface area contributed by atoms with Gasteiger partial charge in [0.05, 0.1) is 16.3 Å². The molecular weight excluding hydrogens is 723 g/mol. The fourth-order valence-electron chi connectivity index (χ4n) is 7.52. The highest BCUT2D eigenvalue weighted by atomic mass is 32.1. The van der Waals surface area contributed by atoms with E-state index in [9.17, 15) is 0 Å². The van der Waals surface area contributed by atoms with Crippen molar-refractivity contribution < 1.29 is 0 Å². The van der Waals surface area contributed by atoms with Crippen molar-refractivity contribution in [2.45, 2.75) is 118 Å². The minimum atomic E-state index is 0.479. The molecule has 0 bridgehead atoms. The van der Waals surface area contributed by atoms with Crippen LogP contribution in [0.1, 0.15) is 112 Å². The highest BCUT2D eigenvalue weighted by molar-refractivity contribution is 7.29. The highest BCUT2D eigenvalue weighted by Gasteiger charge is 2.20. The van der Waals surface area contributed by atoms with Crippen LogP contribution in [0.5, 0.6) is 0 Å². The smallest absolute Gasteiger partial charge is 0.201 e. The first-order chi connectivity index (χ1) is 27.5. The zero-order valence-corrected chi connectivity index (χ0v) is 35.2. The van der Waals surface area contributed by atoms with Gasteiger partial charge in [0.15, 0.2) is 17.5 Å². The van der Waals surface area contributed by atoms with Crippen molar-refractivity contribution in [1.82, 2.24) is 24.9 Å². The predicted octanol–water partition coefficient (Wildman–Crippen LogP) is 14.7. The van der Waals surface area contributed by atoms with E-state index in [0.717, 1.165) is 40.2 Å². The van der Waals surface area contributed by atoms with Crippen LogP contribution in [0.3, 0.4) is 0 Å². The molecule has 3 aromatic carbocycles. The molecule has 0 unspecified atom stereocenters. The summed E-state index contributed by atoms with van der Waals surface area (Å²) in [4.78, 5) is 28.3. The molecule has 0 radical (unpaired) electrons. The molecule has 0 spiro atoms. The van der Waals surface area contributed by atoms with Gasteiger partial charge in [-0.1, -0.05) is 145 Å². The topological polar surface area (TPSA) is 64.5 Å². The molecule has 56 heavy (non-hydrogen) atoms. The second kappa shape index (κ2) is 19.5. The predicted molar refractivity (Wildman–Crippen MR) is 239 cm³/mol. The zero-order chi connectivity index (χ0) is 38.7. The Kier molecular flexibility index (Phi) is 13.8. The van der Waals surface area contributed by atoms with E-state index in [0.29, 0.717) is 23.3 Å². The lowest BCUT2D eigenvalue weighted by atomic mass is 9.91. The maximum Gasteiger partial charge on any atom is 0.201 e. The molecule has 7 aromatic rings. The number of aromatic nitrogens is 5. The van der Waals surface area contributed by atoms with Crippen LogP contribution in [0.4, 0.5) is 0 Å². The fraction of sp³-hybridized carbons (Fsp3) is 0.367. The van der Waals surface area contributed by atoms with E-state index < -0.39 is 0 Å². The van der Waals surface area contributed by atoms with Gasteiger partial charge in [0.2, 0.25) is 5.82 Å². The second-order valence-corrected chi connectivity index (χ2v) is 17.5. The molecule has 4 heterocycles. The lowest BCUT2D eigenvalue weighted by Gasteiger charge is -2.16. The Morgan fingerprint density at radius 2 is 0.964 bits per heavy atom. The molecule has 0 amide bonds. The average Bonchev–Trinajstić information content (AvgIpc) is 3.79. The fourth-order valence-corrected chi connectivity index (χ4v) is 9.80. The molecular formula is C49H55N5S2. The van der Waals surface area contributed by atoms with Crippen molar-refractivity contribution in [2.75, 3.05) is 0 Å². The largest absolute Gasteiger partial charge is 0.225 e. The van der Waals surface area contributed by atoms with Crippen molar-refractivity contribution in [3.63, 3.8) is 0 Å². The van der Waals surface area contributed by atoms with Crippen LogP contribution in [0.2, 0.25) is 0 Å². The first-order valence-corrected chi connectivity index (χ1v) is 22.5. The van der Waals surface area contributed by atoms with E-state index in [1.807, 2.05) is 72.0 Å². The minimum Gasteiger partial charge on any atom is -0.225 e. The summed E-state index contributed by atoms with van der Waals surface area (Å²) in [6, 6.07) is 32.0. The van der Waals surface area contributed by atoms with Crippen LogP contribution >= 0.6 is 22.7 Å². The number of fused-ring (bicyclic) bond motifs is 1. The van der Waals surface area contributed by atoms with Crippen LogP contribution in [0.25, 0.3) is 65.7 Å². The van der Waals surface area contributed by atoms with Crippen molar-refractivity contribution in [1.29, 1.82) is 0 Å². The lowest BCUT2D eigenvalue weighted by molar-refractivity contribution is 0.605. The van der Waals surface area contributed by atoms with E-state index in [-0.39, 0.29) is 0 Å². The third kappa shape index (κ3) is 10.0. The Morgan fingerprint density at radius 1 is 0.446 bits per heavy atom. The van der Waals surface area contributed by atoms with Crippen LogP contribution < -0.4 is 0 Å². The van der Waals surface area contributed by atoms with Gasteiger partial charge in [0.25, 0.3) is 0 Å².